The van der Waals surface area contributed by atoms with Crippen LogP contribution in [0.5, 0.6) is 0 Å². The summed E-state index contributed by atoms with van der Waals surface area (Å²) in [5.41, 5.74) is 0.410. The number of hydrogen-bond acceptors (Lipinski definition) is 4. The Morgan fingerprint density at radius 2 is 2.14 bits per heavy atom. The third-order valence-corrected chi connectivity index (χ3v) is 5.34. The number of aryl methyl sites for hydroxylation is 1. The predicted octanol–water partition coefficient (Wildman–Crippen LogP) is 1.16. The number of aromatic nitrogens is 2. The average Bonchev–Trinajstić information content (AvgIpc) is 2.79. The topological polar surface area (TPSA) is 64.4 Å². The maximum Gasteiger partial charge on any atom is 0.415 e. The van der Waals surface area contributed by atoms with Crippen molar-refractivity contribution in [1.29, 1.82) is 0 Å². The highest BCUT2D eigenvalue weighted by atomic mass is 32.2. The summed E-state index contributed by atoms with van der Waals surface area (Å²) in [7, 11) is -4.01. The van der Waals surface area contributed by atoms with Gasteiger partial charge in [-0.25, -0.2) is 8.42 Å². The highest BCUT2D eigenvalue weighted by Gasteiger charge is 2.46. The molecule has 21 heavy (non-hydrogen) atoms. The molecule has 120 valence electrons. The first kappa shape index (κ1) is 16.2. The molecule has 0 spiro atoms. The van der Waals surface area contributed by atoms with Crippen molar-refractivity contribution in [2.45, 2.75) is 37.6 Å². The first-order valence-corrected chi connectivity index (χ1v) is 7.82. The number of alkyl halides is 3. The zero-order valence-electron chi connectivity index (χ0n) is 11.6. The summed E-state index contributed by atoms with van der Waals surface area (Å²) in [6.07, 6.45) is -5.51. The van der Waals surface area contributed by atoms with E-state index in [-0.39, 0.29) is 18.0 Å². The second-order valence-corrected chi connectivity index (χ2v) is 6.58. The highest BCUT2D eigenvalue weighted by molar-refractivity contribution is 7.89. The highest BCUT2D eigenvalue weighted by Crippen LogP contribution is 2.29. The molecular weight excluding hydrogens is 311 g/mol. The monoisotopic (exact) mass is 327 g/mol. The van der Waals surface area contributed by atoms with Crippen LogP contribution in [0, 0.1) is 6.92 Å². The first-order valence-electron chi connectivity index (χ1n) is 6.38. The Kier molecular flexibility index (Phi) is 4.31. The summed E-state index contributed by atoms with van der Waals surface area (Å²) in [4.78, 5) is -0.0628. The lowest BCUT2D eigenvalue weighted by atomic mass is 10.3. The Labute approximate surface area is 120 Å². The summed E-state index contributed by atoms with van der Waals surface area (Å²) in [6, 6.07) is 0. The van der Waals surface area contributed by atoms with E-state index in [0.717, 1.165) is 4.31 Å². The van der Waals surface area contributed by atoms with Crippen molar-refractivity contribution >= 4 is 10.0 Å². The molecule has 0 aliphatic carbocycles. The molecule has 1 aromatic heterocycles. The van der Waals surface area contributed by atoms with Crippen molar-refractivity contribution in [1.82, 2.24) is 14.1 Å². The predicted molar refractivity (Wildman–Crippen MR) is 67.2 cm³/mol. The van der Waals surface area contributed by atoms with Gasteiger partial charge in [0.25, 0.3) is 0 Å². The SMILES string of the molecule is CCn1ncc(S(=O)(=O)N2CCOC(C(F)(F)F)C2)c1C. The van der Waals surface area contributed by atoms with Crippen molar-refractivity contribution in [2.75, 3.05) is 19.7 Å². The Balaban J connectivity index is 2.29. The Bertz CT molecular complexity index is 612. The van der Waals surface area contributed by atoms with Crippen LogP contribution in [0.2, 0.25) is 0 Å². The van der Waals surface area contributed by atoms with Gasteiger partial charge < -0.3 is 4.74 Å². The molecule has 2 rings (SSSR count). The zero-order valence-corrected chi connectivity index (χ0v) is 12.4. The lowest BCUT2D eigenvalue weighted by Crippen LogP contribution is -2.51. The quantitative estimate of drug-likeness (QED) is 0.836. The lowest BCUT2D eigenvalue weighted by Gasteiger charge is -2.32. The molecule has 10 heteroatoms. The number of ether oxygens (including phenoxy) is 1. The molecule has 0 N–H and O–H groups in total. The van der Waals surface area contributed by atoms with Crippen LogP contribution >= 0.6 is 0 Å². The number of halogens is 3. The lowest BCUT2D eigenvalue weighted by molar-refractivity contribution is -0.231. The molecule has 1 aliphatic heterocycles. The minimum Gasteiger partial charge on any atom is -0.366 e. The second kappa shape index (κ2) is 5.58. The molecule has 2 heterocycles. The summed E-state index contributed by atoms with van der Waals surface area (Å²) in [5.74, 6) is 0. The van der Waals surface area contributed by atoms with E-state index in [1.54, 1.807) is 13.8 Å². The van der Waals surface area contributed by atoms with Crippen LogP contribution in [0.15, 0.2) is 11.1 Å². The van der Waals surface area contributed by atoms with Gasteiger partial charge in [0.05, 0.1) is 18.5 Å². The van der Waals surface area contributed by atoms with Crippen LogP contribution in [0.3, 0.4) is 0 Å². The number of sulfonamides is 1. The number of rotatable bonds is 3. The van der Waals surface area contributed by atoms with Gasteiger partial charge in [0.15, 0.2) is 6.10 Å². The summed E-state index contributed by atoms with van der Waals surface area (Å²) >= 11 is 0. The molecule has 0 bridgehead atoms. The summed E-state index contributed by atoms with van der Waals surface area (Å²) < 4.78 is 69.9. The fraction of sp³-hybridized carbons (Fsp3) is 0.727. The number of morpholine rings is 1. The van der Waals surface area contributed by atoms with E-state index in [9.17, 15) is 21.6 Å². The Morgan fingerprint density at radius 3 is 2.67 bits per heavy atom. The van der Waals surface area contributed by atoms with E-state index in [2.05, 4.69) is 9.84 Å². The van der Waals surface area contributed by atoms with Crippen molar-refractivity contribution in [3.8, 4) is 0 Å². The number of nitrogens with zero attached hydrogens (tertiary/aromatic N) is 3. The zero-order chi connectivity index (χ0) is 15.8. The average molecular weight is 327 g/mol. The van der Waals surface area contributed by atoms with Crippen LogP contribution in [-0.4, -0.2) is 54.5 Å². The van der Waals surface area contributed by atoms with Crippen LogP contribution < -0.4 is 0 Å². The molecule has 1 unspecified atom stereocenters. The van der Waals surface area contributed by atoms with Gasteiger partial charge in [-0.15, -0.1) is 0 Å². The smallest absolute Gasteiger partial charge is 0.366 e. The van der Waals surface area contributed by atoms with Crippen LogP contribution in [0.4, 0.5) is 13.2 Å². The molecule has 1 fully saturated rings. The van der Waals surface area contributed by atoms with E-state index in [0.29, 0.717) is 12.2 Å². The summed E-state index contributed by atoms with van der Waals surface area (Å²) in [5, 5.41) is 3.92. The van der Waals surface area contributed by atoms with Crippen molar-refractivity contribution in [2.24, 2.45) is 0 Å². The minimum atomic E-state index is -4.59. The molecule has 0 radical (unpaired) electrons. The largest absolute Gasteiger partial charge is 0.415 e. The van der Waals surface area contributed by atoms with E-state index in [4.69, 9.17) is 0 Å². The third-order valence-electron chi connectivity index (χ3n) is 3.37. The molecule has 1 aliphatic rings. The van der Waals surface area contributed by atoms with Crippen LogP contribution in [-0.2, 0) is 21.3 Å². The number of hydrogen-bond donors (Lipinski definition) is 0. The van der Waals surface area contributed by atoms with Crippen molar-refractivity contribution in [3.63, 3.8) is 0 Å². The minimum absolute atomic E-state index is 0.0628. The van der Waals surface area contributed by atoms with E-state index < -0.39 is 28.8 Å². The van der Waals surface area contributed by atoms with Gasteiger partial charge in [-0.3, -0.25) is 4.68 Å². The molecule has 1 saturated heterocycles. The third kappa shape index (κ3) is 3.06. The maximum absolute atomic E-state index is 12.7. The molecule has 0 amide bonds. The van der Waals surface area contributed by atoms with Gasteiger partial charge in [-0.2, -0.15) is 22.6 Å². The molecule has 1 atom stereocenters. The van der Waals surface area contributed by atoms with E-state index >= 15 is 0 Å². The fourth-order valence-electron chi connectivity index (χ4n) is 2.18. The van der Waals surface area contributed by atoms with Gasteiger partial charge in [-0.1, -0.05) is 0 Å². The molecule has 0 saturated carbocycles. The Hall–Kier alpha value is -1.13. The first-order chi connectivity index (χ1) is 9.67. The van der Waals surface area contributed by atoms with Crippen LogP contribution in [0.1, 0.15) is 12.6 Å². The van der Waals surface area contributed by atoms with E-state index in [1.165, 1.54) is 10.9 Å². The van der Waals surface area contributed by atoms with Gasteiger partial charge in [0.2, 0.25) is 10.0 Å². The molecule has 6 nitrogen and oxygen atoms in total. The van der Waals surface area contributed by atoms with Gasteiger partial charge >= 0.3 is 6.18 Å². The van der Waals surface area contributed by atoms with Gasteiger partial charge in [-0.05, 0) is 13.8 Å². The Morgan fingerprint density at radius 1 is 1.48 bits per heavy atom. The molecule has 0 aromatic carbocycles. The van der Waals surface area contributed by atoms with Crippen LogP contribution in [0.25, 0.3) is 0 Å². The van der Waals surface area contributed by atoms with E-state index in [1.807, 2.05) is 0 Å². The van der Waals surface area contributed by atoms with Gasteiger partial charge in [0, 0.05) is 19.6 Å². The molecular formula is C11H16F3N3O3S. The standard InChI is InChI=1S/C11H16F3N3O3S/c1-3-17-8(2)9(6-15-17)21(18,19)16-4-5-20-10(7-16)11(12,13)14/h6,10H,3-5,7H2,1-2H3. The maximum atomic E-state index is 12.7. The summed E-state index contributed by atoms with van der Waals surface area (Å²) in [6.45, 7) is 2.73. The molecule has 1 aromatic rings. The normalized spacial score (nSPS) is 21.7. The van der Waals surface area contributed by atoms with Crippen molar-refractivity contribution in [3.05, 3.63) is 11.9 Å². The second-order valence-electron chi connectivity index (χ2n) is 4.67. The van der Waals surface area contributed by atoms with Crippen molar-refractivity contribution < 1.29 is 26.3 Å². The van der Waals surface area contributed by atoms with Gasteiger partial charge in [0.1, 0.15) is 4.90 Å². The fourth-order valence-corrected chi connectivity index (χ4v) is 3.77.